The Morgan fingerprint density at radius 1 is 0.935 bits per heavy atom. The van der Waals surface area contributed by atoms with Crippen LogP contribution in [0.25, 0.3) is 22.4 Å². The number of piperazine rings is 1. The average Bonchev–Trinajstić information content (AvgIpc) is 3.46. The Labute approximate surface area is 266 Å². The van der Waals surface area contributed by atoms with Gasteiger partial charge in [0.15, 0.2) is 5.13 Å². The molecule has 1 fully saturated rings. The van der Waals surface area contributed by atoms with E-state index in [-0.39, 0.29) is 15.6 Å². The summed E-state index contributed by atoms with van der Waals surface area (Å²) in [6.07, 6.45) is 2.43. The number of nitrogens with one attached hydrogen (secondary N) is 3. The SMILES string of the molecule is O=C(Nc1nc2ccc(C=Cc3cnc(Nc4ccc(S(=O)(=O)N5CCNCC5)cc4)nc3)cc2s1)c1cccc(C(F)(F)F)c1. The van der Waals surface area contributed by atoms with Gasteiger partial charge < -0.3 is 10.6 Å². The number of benzene rings is 3. The molecule has 15 heteroatoms. The van der Waals surface area contributed by atoms with Crippen molar-refractivity contribution in [2.45, 2.75) is 11.1 Å². The third-order valence-corrected chi connectivity index (χ3v) is 9.90. The fraction of sp³-hybridized carbons (Fsp3) is 0.161. The lowest BCUT2D eigenvalue weighted by Gasteiger charge is -2.26. The molecule has 0 aliphatic carbocycles. The van der Waals surface area contributed by atoms with E-state index in [0.717, 1.165) is 28.0 Å². The van der Waals surface area contributed by atoms with Gasteiger partial charge in [-0.05, 0) is 60.2 Å². The van der Waals surface area contributed by atoms with E-state index < -0.39 is 27.7 Å². The van der Waals surface area contributed by atoms with Gasteiger partial charge in [0.25, 0.3) is 5.91 Å². The zero-order valence-corrected chi connectivity index (χ0v) is 25.6. The van der Waals surface area contributed by atoms with Crippen molar-refractivity contribution in [1.82, 2.24) is 24.6 Å². The van der Waals surface area contributed by atoms with Crippen LogP contribution in [0.4, 0.5) is 29.9 Å². The first-order valence-corrected chi connectivity index (χ1v) is 16.3. The van der Waals surface area contributed by atoms with Crippen LogP contribution in [-0.4, -0.2) is 59.8 Å². The minimum atomic E-state index is -4.55. The summed E-state index contributed by atoms with van der Waals surface area (Å²) in [5, 5.41) is 9.06. The van der Waals surface area contributed by atoms with Crippen LogP contribution in [0.2, 0.25) is 0 Å². The maximum atomic E-state index is 13.0. The first kappa shape index (κ1) is 31.3. The van der Waals surface area contributed by atoms with Crippen LogP contribution in [0.5, 0.6) is 0 Å². The molecule has 3 heterocycles. The number of anilines is 3. The van der Waals surface area contributed by atoms with Crippen molar-refractivity contribution in [2.24, 2.45) is 0 Å². The molecule has 0 bridgehead atoms. The minimum absolute atomic E-state index is 0.115. The molecule has 6 rings (SSSR count). The second kappa shape index (κ2) is 13.0. The lowest BCUT2D eigenvalue weighted by atomic mass is 10.1. The van der Waals surface area contributed by atoms with Crippen LogP contribution in [0.15, 0.2) is 84.0 Å². The molecule has 0 radical (unpaired) electrons. The van der Waals surface area contributed by atoms with E-state index in [1.165, 1.54) is 27.8 Å². The van der Waals surface area contributed by atoms with Gasteiger partial charge in [0, 0.05) is 55.4 Å². The van der Waals surface area contributed by atoms with E-state index in [2.05, 4.69) is 30.9 Å². The monoisotopic (exact) mass is 665 g/mol. The van der Waals surface area contributed by atoms with Crippen molar-refractivity contribution in [3.8, 4) is 0 Å². The quantitative estimate of drug-likeness (QED) is 0.188. The van der Waals surface area contributed by atoms with Gasteiger partial charge >= 0.3 is 6.18 Å². The van der Waals surface area contributed by atoms with Gasteiger partial charge in [-0.2, -0.15) is 17.5 Å². The third kappa shape index (κ3) is 7.23. The normalized spacial score (nSPS) is 14.5. The van der Waals surface area contributed by atoms with E-state index >= 15 is 0 Å². The van der Waals surface area contributed by atoms with Gasteiger partial charge in [-0.3, -0.25) is 10.1 Å². The van der Waals surface area contributed by atoms with Crippen LogP contribution in [0.3, 0.4) is 0 Å². The van der Waals surface area contributed by atoms with Crippen LogP contribution in [0, 0.1) is 0 Å². The summed E-state index contributed by atoms with van der Waals surface area (Å²) in [5.41, 5.74) is 1.85. The molecule has 236 valence electrons. The fourth-order valence-electron chi connectivity index (χ4n) is 4.66. The highest BCUT2D eigenvalue weighted by Crippen LogP contribution is 2.31. The highest BCUT2D eigenvalue weighted by atomic mass is 32.2. The van der Waals surface area contributed by atoms with Gasteiger partial charge in [0.05, 0.1) is 20.7 Å². The first-order chi connectivity index (χ1) is 22.0. The minimum Gasteiger partial charge on any atom is -0.324 e. The van der Waals surface area contributed by atoms with E-state index in [4.69, 9.17) is 0 Å². The number of halogens is 3. The number of carbonyl (C=O) groups is 1. The molecule has 0 spiro atoms. The van der Waals surface area contributed by atoms with E-state index in [1.54, 1.807) is 42.7 Å². The van der Waals surface area contributed by atoms with Crippen molar-refractivity contribution < 1.29 is 26.4 Å². The number of aromatic nitrogens is 3. The van der Waals surface area contributed by atoms with Gasteiger partial charge in [-0.1, -0.05) is 35.6 Å². The number of fused-ring (bicyclic) bond motifs is 1. The van der Waals surface area contributed by atoms with Crippen molar-refractivity contribution in [3.05, 3.63) is 101 Å². The van der Waals surface area contributed by atoms with Gasteiger partial charge in [-0.15, -0.1) is 0 Å². The summed E-state index contributed by atoms with van der Waals surface area (Å²) in [7, 11) is -3.54. The molecule has 1 amide bonds. The first-order valence-electron chi connectivity index (χ1n) is 14.0. The molecular weight excluding hydrogens is 640 g/mol. The van der Waals surface area contributed by atoms with Crippen molar-refractivity contribution >= 4 is 66.4 Å². The summed E-state index contributed by atoms with van der Waals surface area (Å²) in [6, 6.07) is 16.2. The molecule has 1 aliphatic heterocycles. The van der Waals surface area contributed by atoms with Crippen LogP contribution >= 0.6 is 11.3 Å². The Balaban J connectivity index is 1.07. The lowest BCUT2D eigenvalue weighted by molar-refractivity contribution is -0.137. The predicted molar refractivity (Wildman–Crippen MR) is 171 cm³/mol. The molecule has 10 nitrogen and oxygen atoms in total. The maximum absolute atomic E-state index is 13.0. The largest absolute Gasteiger partial charge is 0.416 e. The van der Waals surface area contributed by atoms with Crippen LogP contribution < -0.4 is 16.0 Å². The number of rotatable bonds is 8. The molecular formula is C31H26F3N7O3S2. The second-order valence-electron chi connectivity index (χ2n) is 10.3. The fourth-order valence-corrected chi connectivity index (χ4v) is 7.01. The van der Waals surface area contributed by atoms with Gasteiger partial charge in [0.2, 0.25) is 16.0 Å². The van der Waals surface area contributed by atoms with E-state index in [0.29, 0.717) is 43.3 Å². The smallest absolute Gasteiger partial charge is 0.324 e. The zero-order chi connectivity index (χ0) is 32.3. The van der Waals surface area contributed by atoms with E-state index in [9.17, 15) is 26.4 Å². The molecule has 3 aromatic carbocycles. The summed E-state index contributed by atoms with van der Waals surface area (Å²) >= 11 is 1.21. The average molecular weight is 666 g/mol. The molecule has 0 unspecified atom stereocenters. The lowest BCUT2D eigenvalue weighted by Crippen LogP contribution is -2.46. The number of hydrogen-bond donors (Lipinski definition) is 3. The van der Waals surface area contributed by atoms with Crippen molar-refractivity contribution in [3.63, 3.8) is 0 Å². The molecule has 0 atom stereocenters. The number of sulfonamides is 1. The number of hydrogen-bond acceptors (Lipinski definition) is 9. The Bertz CT molecular complexity index is 2010. The van der Waals surface area contributed by atoms with E-state index in [1.807, 2.05) is 24.3 Å². The predicted octanol–water partition coefficient (Wildman–Crippen LogP) is 5.87. The molecule has 46 heavy (non-hydrogen) atoms. The van der Waals surface area contributed by atoms with Crippen molar-refractivity contribution in [2.75, 3.05) is 36.8 Å². The Hall–Kier alpha value is -4.70. The molecule has 1 aliphatic rings. The summed E-state index contributed by atoms with van der Waals surface area (Å²) < 4.78 is 67.0. The van der Waals surface area contributed by atoms with Crippen LogP contribution in [0.1, 0.15) is 27.0 Å². The number of amides is 1. The Morgan fingerprint density at radius 3 is 2.37 bits per heavy atom. The summed E-state index contributed by atoms with van der Waals surface area (Å²) in [5.74, 6) is -0.334. The molecule has 0 saturated carbocycles. The highest BCUT2D eigenvalue weighted by Gasteiger charge is 2.31. The van der Waals surface area contributed by atoms with Gasteiger partial charge in [-0.25, -0.2) is 23.4 Å². The third-order valence-electron chi connectivity index (χ3n) is 7.05. The number of nitrogens with zero attached hydrogens (tertiary/aromatic N) is 4. The molecule has 5 aromatic rings. The number of alkyl halides is 3. The number of thiazole rings is 1. The summed E-state index contributed by atoms with van der Waals surface area (Å²) in [6.45, 7) is 2.13. The van der Waals surface area contributed by atoms with Crippen LogP contribution in [-0.2, 0) is 16.2 Å². The highest BCUT2D eigenvalue weighted by molar-refractivity contribution is 7.89. The Kier molecular flexibility index (Phi) is 8.82. The second-order valence-corrected chi connectivity index (χ2v) is 13.2. The number of carbonyl (C=O) groups excluding carboxylic acids is 1. The van der Waals surface area contributed by atoms with Crippen molar-refractivity contribution in [1.29, 1.82) is 0 Å². The Morgan fingerprint density at radius 2 is 1.65 bits per heavy atom. The zero-order valence-electron chi connectivity index (χ0n) is 24.0. The van der Waals surface area contributed by atoms with Gasteiger partial charge in [0.1, 0.15) is 0 Å². The molecule has 2 aromatic heterocycles. The standard InChI is InChI=1S/C31H26F3N7O3S2/c32-31(33,34)23-3-1-2-22(17-23)28(42)40-30-39-26-11-6-20(16-27(26)45-30)4-5-21-18-36-29(37-19-21)38-24-7-9-25(10-8-24)46(43,44)41-14-12-35-13-15-41/h1-11,16-19,35H,12-15H2,(H,36,37,38)(H,39,40,42). The summed E-state index contributed by atoms with van der Waals surface area (Å²) in [4.78, 5) is 25.8. The maximum Gasteiger partial charge on any atom is 0.416 e. The molecule has 3 N–H and O–H groups in total. The topological polar surface area (TPSA) is 129 Å². The molecule has 1 saturated heterocycles.